The molecule has 1 aliphatic rings. The van der Waals surface area contributed by atoms with Gasteiger partial charge in [-0.15, -0.1) is 0 Å². The Bertz CT molecular complexity index is 1500. The van der Waals surface area contributed by atoms with E-state index in [1.54, 1.807) is 22.8 Å². The average molecular weight is 545 g/mol. The number of hydrogen-bond acceptors (Lipinski definition) is 7. The van der Waals surface area contributed by atoms with E-state index in [4.69, 9.17) is 4.74 Å². The van der Waals surface area contributed by atoms with Gasteiger partial charge in [-0.2, -0.15) is 9.30 Å². The number of fused-ring (bicyclic) bond motifs is 1. The number of methoxy groups -OCH3 is 1. The molecule has 12 heteroatoms. The number of esters is 1. The lowest BCUT2D eigenvalue weighted by Crippen LogP contribution is -2.31. The van der Waals surface area contributed by atoms with Gasteiger partial charge in [0.05, 0.1) is 22.2 Å². The molecule has 0 unspecified atom stereocenters. The van der Waals surface area contributed by atoms with Crippen molar-refractivity contribution in [1.29, 1.82) is 0 Å². The zero-order chi connectivity index (χ0) is 26.6. The Kier molecular flexibility index (Phi) is 8.20. The molecule has 196 valence electrons. The summed E-state index contributed by atoms with van der Waals surface area (Å²) in [4.78, 5) is 41.1. The number of thiazole rings is 1. The lowest BCUT2D eigenvalue weighted by Gasteiger charge is -2.19. The first-order chi connectivity index (χ1) is 17.7. The second-order valence-corrected chi connectivity index (χ2v) is 11.6. The van der Waals surface area contributed by atoms with Gasteiger partial charge in [0.25, 0.3) is 5.91 Å². The van der Waals surface area contributed by atoms with Crippen LogP contribution in [0, 0.1) is 0 Å². The van der Waals surface area contributed by atoms with Crippen molar-refractivity contribution in [2.45, 2.75) is 44.0 Å². The monoisotopic (exact) mass is 544 g/mol. The summed E-state index contributed by atoms with van der Waals surface area (Å²) in [5, 5.41) is 2.71. The fourth-order valence-corrected chi connectivity index (χ4v) is 6.72. The third kappa shape index (κ3) is 6.14. The fourth-order valence-electron chi connectivity index (χ4n) is 4.14. The SMILES string of the molecule is COC(=O)Cn1c(=NC(=O)c2ccc(S(=O)(=O)N3CCCCCC3)cc2)sc2cc(NC(C)=O)ccc21. The number of hydrogen-bond donors (Lipinski definition) is 1. The average Bonchev–Trinajstić information content (AvgIpc) is 3.03. The Morgan fingerprint density at radius 2 is 1.70 bits per heavy atom. The minimum atomic E-state index is -3.63. The van der Waals surface area contributed by atoms with Crippen molar-refractivity contribution in [2.24, 2.45) is 4.99 Å². The first-order valence-electron chi connectivity index (χ1n) is 11.9. The fraction of sp³-hybridized carbons (Fsp3) is 0.360. The first kappa shape index (κ1) is 26.7. The highest BCUT2D eigenvalue weighted by Gasteiger charge is 2.25. The van der Waals surface area contributed by atoms with Gasteiger partial charge >= 0.3 is 5.97 Å². The smallest absolute Gasteiger partial charge is 0.325 e. The molecule has 0 spiro atoms. The Morgan fingerprint density at radius 1 is 1.03 bits per heavy atom. The molecule has 0 aliphatic carbocycles. The van der Waals surface area contributed by atoms with Crippen molar-refractivity contribution in [1.82, 2.24) is 8.87 Å². The highest BCUT2D eigenvalue weighted by Crippen LogP contribution is 2.23. The van der Waals surface area contributed by atoms with Crippen LogP contribution in [-0.2, 0) is 30.9 Å². The molecule has 1 N–H and O–H groups in total. The van der Waals surface area contributed by atoms with Gasteiger partial charge in [0.1, 0.15) is 6.54 Å². The van der Waals surface area contributed by atoms with E-state index in [9.17, 15) is 22.8 Å². The molecule has 37 heavy (non-hydrogen) atoms. The van der Waals surface area contributed by atoms with E-state index in [0.717, 1.165) is 25.7 Å². The summed E-state index contributed by atoms with van der Waals surface area (Å²) in [6.07, 6.45) is 3.70. The molecule has 1 fully saturated rings. The van der Waals surface area contributed by atoms with Crippen LogP contribution in [0.4, 0.5) is 5.69 Å². The number of rotatable bonds is 6. The normalized spacial score (nSPS) is 15.4. The molecule has 10 nitrogen and oxygen atoms in total. The lowest BCUT2D eigenvalue weighted by molar-refractivity contribution is -0.141. The zero-order valence-electron chi connectivity index (χ0n) is 20.6. The van der Waals surface area contributed by atoms with Crippen LogP contribution < -0.4 is 10.1 Å². The second kappa shape index (κ2) is 11.4. The summed E-state index contributed by atoms with van der Waals surface area (Å²) in [5.41, 5.74) is 1.44. The van der Waals surface area contributed by atoms with E-state index in [1.807, 2.05) is 0 Å². The van der Waals surface area contributed by atoms with Gasteiger partial charge in [-0.3, -0.25) is 14.4 Å². The van der Waals surface area contributed by atoms with E-state index in [1.165, 1.54) is 53.9 Å². The number of aromatic nitrogens is 1. The highest BCUT2D eigenvalue weighted by atomic mass is 32.2. The predicted molar refractivity (Wildman–Crippen MR) is 140 cm³/mol. The van der Waals surface area contributed by atoms with Crippen molar-refractivity contribution >= 4 is 55.0 Å². The standard InChI is InChI=1S/C25H28N4O6S2/c1-17(30)26-19-9-12-21-22(15-19)36-25(29(21)16-23(31)35-2)27-24(32)18-7-10-20(11-8-18)37(33,34)28-13-5-3-4-6-14-28/h7-12,15H,3-6,13-14,16H2,1-2H3,(H,26,30). The van der Waals surface area contributed by atoms with Gasteiger partial charge in [-0.1, -0.05) is 24.2 Å². The molecule has 0 bridgehead atoms. The molecular weight excluding hydrogens is 516 g/mol. The van der Waals surface area contributed by atoms with E-state index >= 15 is 0 Å². The van der Waals surface area contributed by atoms with Gasteiger partial charge < -0.3 is 14.6 Å². The minimum absolute atomic E-state index is 0.138. The highest BCUT2D eigenvalue weighted by molar-refractivity contribution is 7.89. The molecule has 2 amide bonds. The number of sulfonamides is 1. The van der Waals surface area contributed by atoms with Crippen molar-refractivity contribution in [3.05, 3.63) is 52.8 Å². The summed E-state index contributed by atoms with van der Waals surface area (Å²) in [6.45, 7) is 2.23. The largest absolute Gasteiger partial charge is 0.468 e. The number of carbonyl (C=O) groups is 3. The van der Waals surface area contributed by atoms with Crippen LogP contribution in [0.3, 0.4) is 0 Å². The summed E-state index contributed by atoms with van der Waals surface area (Å²) in [6, 6.07) is 10.9. The van der Waals surface area contributed by atoms with Crippen LogP contribution in [0.2, 0.25) is 0 Å². The van der Waals surface area contributed by atoms with E-state index in [0.29, 0.717) is 29.0 Å². The molecule has 1 aromatic heterocycles. The first-order valence-corrected chi connectivity index (χ1v) is 14.1. The molecule has 0 atom stereocenters. The molecule has 0 saturated carbocycles. The number of carbonyl (C=O) groups excluding carboxylic acids is 3. The van der Waals surface area contributed by atoms with Gasteiger partial charge in [0, 0.05) is 31.3 Å². The summed E-state index contributed by atoms with van der Waals surface area (Å²) < 4.78 is 34.6. The van der Waals surface area contributed by atoms with Gasteiger partial charge in [-0.05, 0) is 55.3 Å². The summed E-state index contributed by atoms with van der Waals surface area (Å²) in [7, 11) is -2.36. The number of anilines is 1. The Hall–Kier alpha value is -3.35. The van der Waals surface area contributed by atoms with Crippen molar-refractivity contribution in [3.63, 3.8) is 0 Å². The maximum Gasteiger partial charge on any atom is 0.325 e. The van der Waals surface area contributed by atoms with E-state index in [2.05, 4.69) is 10.3 Å². The Balaban J connectivity index is 1.66. The maximum atomic E-state index is 13.0. The van der Waals surface area contributed by atoms with Gasteiger partial charge in [0.15, 0.2) is 4.80 Å². The van der Waals surface area contributed by atoms with Crippen molar-refractivity contribution < 1.29 is 27.5 Å². The molecular formula is C25H28N4O6S2. The maximum absolute atomic E-state index is 13.0. The number of ether oxygens (including phenoxy) is 1. The van der Waals surface area contributed by atoms with Crippen LogP contribution >= 0.6 is 11.3 Å². The molecule has 1 aliphatic heterocycles. The van der Waals surface area contributed by atoms with Crippen LogP contribution in [-0.4, -0.2) is 55.3 Å². The van der Waals surface area contributed by atoms with Crippen LogP contribution in [0.5, 0.6) is 0 Å². The predicted octanol–water partition coefficient (Wildman–Crippen LogP) is 3.14. The second-order valence-electron chi connectivity index (χ2n) is 8.67. The summed E-state index contributed by atoms with van der Waals surface area (Å²) in [5.74, 6) is -1.31. The van der Waals surface area contributed by atoms with Crippen molar-refractivity contribution in [3.8, 4) is 0 Å². The molecule has 1 saturated heterocycles. The number of benzene rings is 2. The number of amides is 2. The minimum Gasteiger partial charge on any atom is -0.468 e. The van der Waals surface area contributed by atoms with E-state index in [-0.39, 0.29) is 27.7 Å². The topological polar surface area (TPSA) is 127 Å². The number of nitrogens with one attached hydrogen (secondary N) is 1. The molecule has 0 radical (unpaired) electrons. The zero-order valence-corrected chi connectivity index (χ0v) is 22.2. The van der Waals surface area contributed by atoms with E-state index < -0.39 is 21.9 Å². The summed E-state index contributed by atoms with van der Waals surface area (Å²) >= 11 is 1.18. The Labute approximate surface area is 218 Å². The molecule has 3 aromatic rings. The lowest BCUT2D eigenvalue weighted by atomic mass is 10.2. The van der Waals surface area contributed by atoms with Crippen molar-refractivity contribution in [2.75, 3.05) is 25.5 Å². The molecule has 2 aromatic carbocycles. The third-order valence-corrected chi connectivity index (χ3v) is 8.97. The third-order valence-electron chi connectivity index (χ3n) is 6.02. The molecule has 4 rings (SSSR count). The Morgan fingerprint density at radius 3 is 2.32 bits per heavy atom. The van der Waals surface area contributed by atoms with Gasteiger partial charge in [-0.25, -0.2) is 8.42 Å². The van der Waals surface area contributed by atoms with Crippen LogP contribution in [0.1, 0.15) is 43.0 Å². The number of nitrogens with zero attached hydrogens (tertiary/aromatic N) is 3. The molecule has 2 heterocycles. The van der Waals surface area contributed by atoms with Crippen LogP contribution in [0.15, 0.2) is 52.4 Å². The quantitative estimate of drug-likeness (QED) is 0.475. The van der Waals surface area contributed by atoms with Gasteiger partial charge in [0.2, 0.25) is 15.9 Å². The van der Waals surface area contributed by atoms with Crippen LogP contribution in [0.25, 0.3) is 10.2 Å².